The van der Waals surface area contributed by atoms with E-state index < -0.39 is 6.04 Å². The molecule has 0 fully saturated rings. The van der Waals surface area contributed by atoms with Crippen LogP contribution in [0.15, 0.2) is 18.2 Å². The molecule has 2 N–H and O–H groups in total. The van der Waals surface area contributed by atoms with E-state index >= 15 is 0 Å². The number of halogens is 1. The summed E-state index contributed by atoms with van der Waals surface area (Å²) in [5.41, 5.74) is 7.88. The lowest BCUT2D eigenvalue weighted by atomic mass is 9.86. The topological polar surface area (TPSA) is 46.3 Å². The summed E-state index contributed by atoms with van der Waals surface area (Å²) in [7, 11) is 0. The van der Waals surface area contributed by atoms with E-state index in [1.54, 1.807) is 4.90 Å². The molecule has 1 heterocycles. The van der Waals surface area contributed by atoms with Gasteiger partial charge in [0.25, 0.3) is 0 Å². The van der Waals surface area contributed by atoms with E-state index in [0.717, 1.165) is 17.7 Å². The third-order valence-corrected chi connectivity index (χ3v) is 3.64. The van der Waals surface area contributed by atoms with Gasteiger partial charge in [0.15, 0.2) is 0 Å². The zero-order valence-electron chi connectivity index (χ0n) is 11.0. The van der Waals surface area contributed by atoms with Gasteiger partial charge in [0.1, 0.15) is 0 Å². The van der Waals surface area contributed by atoms with Crippen LogP contribution >= 0.6 is 11.6 Å². The Morgan fingerprint density at radius 2 is 2.11 bits per heavy atom. The Bertz CT molecular complexity index is 479. The fourth-order valence-corrected chi connectivity index (χ4v) is 2.29. The smallest absolute Gasteiger partial charge is 0.244 e. The largest absolute Gasteiger partial charge is 0.319 e. The number of carbonyl (C=O) groups excluding carboxylic acids is 1. The fraction of sp³-hybridized carbons (Fsp3) is 0.500. The van der Waals surface area contributed by atoms with Crippen LogP contribution in [0.1, 0.15) is 26.3 Å². The number of carbonyl (C=O) groups is 1. The molecule has 1 aromatic carbocycles. The molecule has 0 spiro atoms. The summed E-state index contributed by atoms with van der Waals surface area (Å²) in [6, 6.07) is 5.19. The second-order valence-corrected chi connectivity index (χ2v) is 6.29. The maximum atomic E-state index is 12.4. The monoisotopic (exact) mass is 266 g/mol. The van der Waals surface area contributed by atoms with Gasteiger partial charge in [0.05, 0.1) is 6.04 Å². The maximum absolute atomic E-state index is 12.4. The minimum absolute atomic E-state index is 0.0245. The summed E-state index contributed by atoms with van der Waals surface area (Å²) in [6.07, 6.45) is 0.870. The Morgan fingerprint density at radius 3 is 2.72 bits per heavy atom. The second kappa shape index (κ2) is 4.56. The van der Waals surface area contributed by atoms with Gasteiger partial charge in [-0.25, -0.2) is 0 Å². The van der Waals surface area contributed by atoms with E-state index in [9.17, 15) is 4.79 Å². The van der Waals surface area contributed by atoms with Crippen LogP contribution in [-0.4, -0.2) is 18.5 Å². The molecule has 2 rings (SSSR count). The predicted molar refractivity (Wildman–Crippen MR) is 74.9 cm³/mol. The molecule has 0 bridgehead atoms. The highest BCUT2D eigenvalue weighted by Gasteiger charge is 2.34. The molecule has 1 atom stereocenters. The van der Waals surface area contributed by atoms with Gasteiger partial charge in [0.2, 0.25) is 5.91 Å². The second-order valence-electron chi connectivity index (χ2n) is 5.86. The molecule has 1 aliphatic heterocycles. The molecule has 0 saturated heterocycles. The minimum atomic E-state index is -0.498. The van der Waals surface area contributed by atoms with Gasteiger partial charge in [-0.05, 0) is 29.5 Å². The van der Waals surface area contributed by atoms with Crippen molar-refractivity contribution >= 4 is 23.2 Å². The average Bonchev–Trinajstić information content (AvgIpc) is 2.68. The van der Waals surface area contributed by atoms with Crippen molar-refractivity contribution in [1.29, 1.82) is 0 Å². The molecule has 18 heavy (non-hydrogen) atoms. The number of nitrogens with two attached hydrogens (primary N) is 1. The van der Waals surface area contributed by atoms with Gasteiger partial charge >= 0.3 is 0 Å². The molecule has 0 saturated carbocycles. The first kappa shape index (κ1) is 13.4. The summed E-state index contributed by atoms with van der Waals surface area (Å²) < 4.78 is 0. The Morgan fingerprint density at radius 1 is 1.44 bits per heavy atom. The number of fused-ring (bicyclic) bond motifs is 1. The highest BCUT2D eigenvalue weighted by molar-refractivity contribution is 6.31. The van der Waals surface area contributed by atoms with Gasteiger partial charge in [-0.2, -0.15) is 0 Å². The first-order valence-electron chi connectivity index (χ1n) is 6.16. The summed E-state index contributed by atoms with van der Waals surface area (Å²) in [6.45, 7) is 6.62. The van der Waals surface area contributed by atoms with E-state index in [1.807, 2.05) is 39.0 Å². The van der Waals surface area contributed by atoms with Crippen molar-refractivity contribution < 1.29 is 4.79 Å². The summed E-state index contributed by atoms with van der Waals surface area (Å²) >= 11 is 5.99. The van der Waals surface area contributed by atoms with Gasteiger partial charge < -0.3 is 10.6 Å². The molecule has 98 valence electrons. The number of hydrogen-bond donors (Lipinski definition) is 1. The highest BCUT2D eigenvalue weighted by atomic mass is 35.5. The lowest BCUT2D eigenvalue weighted by molar-refractivity contribution is -0.121. The molecule has 0 radical (unpaired) electrons. The van der Waals surface area contributed by atoms with Crippen LogP contribution < -0.4 is 10.6 Å². The van der Waals surface area contributed by atoms with Crippen LogP contribution in [0.4, 0.5) is 5.69 Å². The average molecular weight is 267 g/mol. The molecular formula is C14H19ClN2O. The van der Waals surface area contributed by atoms with Crippen LogP contribution in [-0.2, 0) is 11.2 Å². The number of hydrogen-bond acceptors (Lipinski definition) is 2. The van der Waals surface area contributed by atoms with E-state index in [4.69, 9.17) is 17.3 Å². The number of amides is 1. The Kier molecular flexibility index (Phi) is 3.39. The van der Waals surface area contributed by atoms with E-state index in [2.05, 4.69) is 0 Å². The quantitative estimate of drug-likeness (QED) is 0.849. The van der Waals surface area contributed by atoms with Crippen molar-refractivity contribution in [1.82, 2.24) is 0 Å². The van der Waals surface area contributed by atoms with E-state index in [0.29, 0.717) is 11.6 Å². The molecule has 1 aromatic rings. The molecular weight excluding hydrogens is 248 g/mol. The lowest BCUT2D eigenvalue weighted by Crippen LogP contribution is -2.50. The van der Waals surface area contributed by atoms with Crippen molar-refractivity contribution in [2.45, 2.75) is 33.2 Å². The third kappa shape index (κ3) is 2.38. The first-order valence-corrected chi connectivity index (χ1v) is 6.54. The van der Waals surface area contributed by atoms with Crippen LogP contribution in [0.3, 0.4) is 0 Å². The molecule has 0 aromatic heterocycles. The SMILES string of the molecule is CC(C)(C)[C@H](N)C(=O)N1CCc2ccc(Cl)cc21. The molecule has 1 amide bonds. The molecule has 0 aliphatic carbocycles. The van der Waals surface area contributed by atoms with Crippen LogP contribution in [0.2, 0.25) is 5.02 Å². The number of rotatable bonds is 1. The first-order chi connectivity index (χ1) is 8.30. The Labute approximate surface area is 113 Å². The Balaban J connectivity index is 2.28. The van der Waals surface area contributed by atoms with E-state index in [-0.39, 0.29) is 11.3 Å². The number of benzene rings is 1. The van der Waals surface area contributed by atoms with Gasteiger partial charge in [0, 0.05) is 17.3 Å². The third-order valence-electron chi connectivity index (χ3n) is 3.41. The number of nitrogens with zero attached hydrogens (tertiary/aromatic N) is 1. The van der Waals surface area contributed by atoms with Gasteiger partial charge in [-0.3, -0.25) is 4.79 Å². The molecule has 0 unspecified atom stereocenters. The normalized spacial score (nSPS) is 16.6. The summed E-state index contributed by atoms with van der Waals surface area (Å²) in [4.78, 5) is 14.2. The summed E-state index contributed by atoms with van der Waals surface area (Å²) in [5.74, 6) is -0.0245. The molecule has 4 heteroatoms. The predicted octanol–water partition coefficient (Wildman–Crippen LogP) is 2.60. The minimum Gasteiger partial charge on any atom is -0.319 e. The summed E-state index contributed by atoms with van der Waals surface area (Å²) in [5, 5.41) is 0.651. The molecule has 3 nitrogen and oxygen atoms in total. The van der Waals surface area contributed by atoms with Crippen LogP contribution in [0.25, 0.3) is 0 Å². The van der Waals surface area contributed by atoms with Crippen molar-refractivity contribution in [2.24, 2.45) is 11.1 Å². The zero-order chi connectivity index (χ0) is 13.5. The number of anilines is 1. The van der Waals surface area contributed by atoms with Gasteiger partial charge in [-0.1, -0.05) is 38.4 Å². The molecule has 1 aliphatic rings. The van der Waals surface area contributed by atoms with Crippen LogP contribution in [0, 0.1) is 5.41 Å². The van der Waals surface area contributed by atoms with Crippen LogP contribution in [0.5, 0.6) is 0 Å². The highest BCUT2D eigenvalue weighted by Crippen LogP contribution is 2.32. The lowest BCUT2D eigenvalue weighted by Gasteiger charge is -2.30. The fourth-order valence-electron chi connectivity index (χ4n) is 2.12. The van der Waals surface area contributed by atoms with Crippen molar-refractivity contribution in [2.75, 3.05) is 11.4 Å². The maximum Gasteiger partial charge on any atom is 0.244 e. The Hall–Kier alpha value is -1.06. The van der Waals surface area contributed by atoms with E-state index in [1.165, 1.54) is 0 Å². The van der Waals surface area contributed by atoms with Gasteiger partial charge in [-0.15, -0.1) is 0 Å². The van der Waals surface area contributed by atoms with Crippen molar-refractivity contribution in [3.8, 4) is 0 Å². The van der Waals surface area contributed by atoms with Crippen molar-refractivity contribution in [3.05, 3.63) is 28.8 Å². The zero-order valence-corrected chi connectivity index (χ0v) is 11.8. The standard InChI is InChI=1S/C14H19ClN2O/c1-14(2,3)12(16)13(18)17-7-6-9-4-5-10(15)8-11(9)17/h4-5,8,12H,6-7,16H2,1-3H3/t12-/m1/s1. The van der Waals surface area contributed by atoms with Crippen molar-refractivity contribution in [3.63, 3.8) is 0 Å².